The van der Waals surface area contributed by atoms with Gasteiger partial charge in [0.2, 0.25) is 5.95 Å². The highest BCUT2D eigenvalue weighted by atomic mass is 16.5. The molecule has 1 aromatic carbocycles. The number of aliphatic hydroxyl groups is 1. The molecule has 0 saturated carbocycles. The largest absolute Gasteiger partial charge is 0.497 e. The number of benzene rings is 1. The topological polar surface area (TPSA) is 123 Å². The van der Waals surface area contributed by atoms with E-state index < -0.39 is 5.60 Å². The number of aryl methyl sites for hydroxylation is 1. The van der Waals surface area contributed by atoms with Crippen molar-refractivity contribution in [2.75, 3.05) is 23.5 Å². The molecule has 3 rings (SSSR count). The molecule has 0 spiro atoms. The fourth-order valence-corrected chi connectivity index (χ4v) is 3.34. The molecule has 9 heteroatoms. The minimum absolute atomic E-state index is 0.199. The molecule has 0 aliphatic rings. The van der Waals surface area contributed by atoms with Crippen molar-refractivity contribution >= 4 is 28.6 Å². The van der Waals surface area contributed by atoms with Gasteiger partial charge < -0.3 is 30.8 Å². The number of nitrogens with zero attached hydrogens (tertiary/aromatic N) is 4. The highest BCUT2D eigenvalue weighted by Crippen LogP contribution is 2.25. The summed E-state index contributed by atoms with van der Waals surface area (Å²) in [6.45, 7) is 8.77. The van der Waals surface area contributed by atoms with E-state index in [-0.39, 0.29) is 6.04 Å². The van der Waals surface area contributed by atoms with E-state index in [2.05, 4.69) is 25.6 Å². The van der Waals surface area contributed by atoms with Crippen molar-refractivity contribution in [3.8, 4) is 5.75 Å². The first kappa shape index (κ1) is 21.6. The van der Waals surface area contributed by atoms with Crippen LogP contribution in [0.1, 0.15) is 39.7 Å². The van der Waals surface area contributed by atoms with Crippen LogP contribution in [0, 0.1) is 0 Å². The zero-order valence-electron chi connectivity index (χ0n) is 18.2. The normalized spacial score (nSPS) is 12.7. The van der Waals surface area contributed by atoms with Gasteiger partial charge in [0.05, 0.1) is 25.1 Å². The van der Waals surface area contributed by atoms with Gasteiger partial charge in [-0.25, -0.2) is 4.98 Å². The third-order valence-electron chi connectivity index (χ3n) is 5.17. The van der Waals surface area contributed by atoms with Crippen LogP contribution in [0.3, 0.4) is 0 Å². The van der Waals surface area contributed by atoms with Crippen molar-refractivity contribution in [2.45, 2.75) is 58.8 Å². The Labute approximate surface area is 176 Å². The van der Waals surface area contributed by atoms with Crippen LogP contribution in [0.5, 0.6) is 5.75 Å². The van der Waals surface area contributed by atoms with E-state index in [9.17, 15) is 5.11 Å². The third kappa shape index (κ3) is 4.56. The summed E-state index contributed by atoms with van der Waals surface area (Å²) in [6.07, 6.45) is 2.47. The molecule has 9 nitrogen and oxygen atoms in total. The summed E-state index contributed by atoms with van der Waals surface area (Å²) < 4.78 is 7.26. The molecular formula is C21H31N7O2. The molecule has 0 amide bonds. The Bertz CT molecular complexity index is 1010. The fraction of sp³-hybridized carbons (Fsp3) is 0.476. The second-order valence-electron chi connectivity index (χ2n) is 7.78. The van der Waals surface area contributed by atoms with E-state index in [1.54, 1.807) is 27.3 Å². The molecule has 5 N–H and O–H groups in total. The number of fused-ring (bicyclic) bond motifs is 1. The Kier molecular flexibility index (Phi) is 6.31. The second-order valence-corrected chi connectivity index (χ2v) is 7.78. The van der Waals surface area contributed by atoms with E-state index in [1.807, 2.05) is 36.6 Å². The molecule has 1 unspecified atom stereocenters. The van der Waals surface area contributed by atoms with Crippen molar-refractivity contribution in [1.29, 1.82) is 0 Å². The lowest BCUT2D eigenvalue weighted by Crippen LogP contribution is -2.41. The first-order chi connectivity index (χ1) is 14.3. The van der Waals surface area contributed by atoms with Gasteiger partial charge in [0.1, 0.15) is 5.75 Å². The predicted octanol–water partition coefficient (Wildman–Crippen LogP) is 3.01. The van der Waals surface area contributed by atoms with Gasteiger partial charge >= 0.3 is 0 Å². The Balaban J connectivity index is 1.96. The van der Waals surface area contributed by atoms with Crippen molar-refractivity contribution in [3.05, 3.63) is 30.1 Å². The highest BCUT2D eigenvalue weighted by molar-refractivity contribution is 5.84. The average Bonchev–Trinajstić information content (AvgIpc) is 3.13. The molecule has 0 saturated heterocycles. The number of aromatic nitrogens is 4. The Morgan fingerprint density at radius 3 is 2.67 bits per heavy atom. The summed E-state index contributed by atoms with van der Waals surface area (Å²) in [4.78, 5) is 13.8. The molecule has 2 aromatic heterocycles. The van der Waals surface area contributed by atoms with Crippen LogP contribution >= 0.6 is 0 Å². The van der Waals surface area contributed by atoms with Crippen LogP contribution in [0.25, 0.3) is 11.2 Å². The maximum atomic E-state index is 10.4. The van der Waals surface area contributed by atoms with Crippen molar-refractivity contribution in [1.82, 2.24) is 19.5 Å². The lowest BCUT2D eigenvalue weighted by atomic mass is 9.97. The van der Waals surface area contributed by atoms with Crippen molar-refractivity contribution in [2.24, 2.45) is 0 Å². The van der Waals surface area contributed by atoms with Crippen molar-refractivity contribution in [3.63, 3.8) is 0 Å². The Hall–Kier alpha value is -3.07. The van der Waals surface area contributed by atoms with E-state index in [0.29, 0.717) is 29.5 Å². The minimum Gasteiger partial charge on any atom is -0.497 e. The molecule has 2 heterocycles. The number of rotatable bonds is 9. The van der Waals surface area contributed by atoms with Crippen LogP contribution < -0.4 is 21.1 Å². The number of hydrogen-bond acceptors (Lipinski definition) is 8. The summed E-state index contributed by atoms with van der Waals surface area (Å²) >= 11 is 0. The minimum atomic E-state index is -0.916. The maximum Gasteiger partial charge on any atom is 0.227 e. The summed E-state index contributed by atoms with van der Waals surface area (Å²) in [5.41, 5.74) is 8.17. The number of nitrogens with one attached hydrogen (secondary N) is 2. The van der Waals surface area contributed by atoms with Crippen molar-refractivity contribution < 1.29 is 9.84 Å². The molecule has 0 bridgehead atoms. The molecule has 1 atom stereocenters. The zero-order chi connectivity index (χ0) is 21.9. The van der Waals surface area contributed by atoms with Gasteiger partial charge in [-0.15, -0.1) is 0 Å². The molecule has 0 aliphatic heterocycles. The summed E-state index contributed by atoms with van der Waals surface area (Å²) in [5, 5.41) is 17.0. The lowest BCUT2D eigenvalue weighted by Gasteiger charge is -2.29. The van der Waals surface area contributed by atoms with Gasteiger partial charge in [0.15, 0.2) is 17.0 Å². The van der Waals surface area contributed by atoms with Crippen LogP contribution in [0.2, 0.25) is 0 Å². The first-order valence-electron chi connectivity index (χ1n) is 10.1. The van der Waals surface area contributed by atoms with Gasteiger partial charge in [-0.2, -0.15) is 9.97 Å². The molecule has 3 aromatic rings. The standard InChI is InChI=1S/C21H31N7O2/c1-6-16(21(3,4)29)25-20-26-18(17-19(27-20)28(7-2)12-24-17)23-11-13-10-14(30-5)8-9-15(13)22/h8-10,12,16,29H,6-7,11,22H2,1-5H3,(H2,23,25,26,27). The number of nitrogens with two attached hydrogens (primary N) is 1. The van der Waals surface area contributed by atoms with E-state index in [4.69, 9.17) is 10.5 Å². The summed E-state index contributed by atoms with van der Waals surface area (Å²) in [5.74, 6) is 1.78. The highest BCUT2D eigenvalue weighted by Gasteiger charge is 2.26. The molecule has 0 radical (unpaired) electrons. The molecule has 0 fully saturated rings. The third-order valence-corrected chi connectivity index (χ3v) is 5.17. The summed E-state index contributed by atoms with van der Waals surface area (Å²) in [7, 11) is 1.62. The number of nitrogen functional groups attached to an aromatic ring is 1. The predicted molar refractivity (Wildman–Crippen MR) is 120 cm³/mol. The quantitative estimate of drug-likeness (QED) is 0.395. The van der Waals surface area contributed by atoms with Gasteiger partial charge in [0.25, 0.3) is 0 Å². The van der Waals surface area contributed by atoms with Gasteiger partial charge in [-0.3, -0.25) is 0 Å². The SMILES string of the molecule is CCC(Nc1nc(NCc2cc(OC)ccc2N)c2ncn(CC)c2n1)C(C)(C)O. The van der Waals surface area contributed by atoms with Gasteiger partial charge in [-0.1, -0.05) is 6.92 Å². The maximum absolute atomic E-state index is 10.4. The summed E-state index contributed by atoms with van der Waals surface area (Å²) in [6, 6.07) is 5.34. The van der Waals surface area contributed by atoms with Gasteiger partial charge in [-0.05, 0) is 51.0 Å². The Morgan fingerprint density at radius 1 is 1.27 bits per heavy atom. The fourth-order valence-electron chi connectivity index (χ4n) is 3.34. The monoisotopic (exact) mass is 413 g/mol. The molecular weight excluding hydrogens is 382 g/mol. The van der Waals surface area contributed by atoms with Crippen LogP contribution in [0.4, 0.5) is 17.5 Å². The number of hydrogen-bond donors (Lipinski definition) is 4. The second kappa shape index (κ2) is 8.74. The molecule has 30 heavy (non-hydrogen) atoms. The van der Waals surface area contributed by atoms with Gasteiger partial charge in [0, 0.05) is 18.8 Å². The number of methoxy groups -OCH3 is 1. The molecule has 162 valence electrons. The number of anilines is 3. The number of imidazole rings is 1. The average molecular weight is 414 g/mol. The Morgan fingerprint density at radius 2 is 2.03 bits per heavy atom. The van der Waals surface area contributed by atoms with Crippen LogP contribution in [0.15, 0.2) is 24.5 Å². The number of ether oxygens (including phenoxy) is 1. The first-order valence-corrected chi connectivity index (χ1v) is 10.1. The van der Waals surface area contributed by atoms with E-state index in [0.717, 1.165) is 29.9 Å². The zero-order valence-corrected chi connectivity index (χ0v) is 18.2. The van der Waals surface area contributed by atoms with E-state index in [1.165, 1.54) is 0 Å². The van der Waals surface area contributed by atoms with Crippen LogP contribution in [-0.4, -0.2) is 43.4 Å². The molecule has 0 aliphatic carbocycles. The smallest absolute Gasteiger partial charge is 0.227 e. The van der Waals surface area contributed by atoms with E-state index >= 15 is 0 Å². The van der Waals surface area contributed by atoms with Crippen LogP contribution in [-0.2, 0) is 13.1 Å². The lowest BCUT2D eigenvalue weighted by molar-refractivity contribution is 0.0577.